The fourth-order valence-electron chi connectivity index (χ4n) is 3.11. The number of rotatable bonds is 5. The molecule has 130 valence electrons. The van der Waals surface area contributed by atoms with E-state index in [-0.39, 0.29) is 11.9 Å². The molecule has 0 saturated heterocycles. The largest absolute Gasteiger partial charge is 0.497 e. The Balaban J connectivity index is 1.93. The van der Waals surface area contributed by atoms with Crippen molar-refractivity contribution in [1.29, 1.82) is 0 Å². The van der Waals surface area contributed by atoms with Crippen LogP contribution in [-0.4, -0.2) is 23.7 Å². The average molecular weight is 336 g/mol. The van der Waals surface area contributed by atoms with Gasteiger partial charge in [0.15, 0.2) is 0 Å². The molecule has 0 saturated carbocycles. The van der Waals surface area contributed by atoms with Crippen LogP contribution in [0.2, 0.25) is 0 Å². The van der Waals surface area contributed by atoms with Crippen LogP contribution in [-0.2, 0) is 11.2 Å². The Morgan fingerprint density at radius 2 is 1.96 bits per heavy atom. The number of hydrogen-bond donors (Lipinski definition) is 0. The first-order valence-electron chi connectivity index (χ1n) is 8.79. The molecule has 0 aliphatic carbocycles. The molecule has 4 heteroatoms. The molecule has 0 unspecified atom stereocenters. The van der Waals surface area contributed by atoms with Crippen LogP contribution in [0, 0.1) is 0 Å². The number of nitrogens with zero attached hydrogens (tertiary/aromatic N) is 2. The van der Waals surface area contributed by atoms with Crippen molar-refractivity contribution >= 4 is 11.6 Å². The molecular formula is C21H24N2O2. The molecular weight excluding hydrogens is 312 g/mol. The summed E-state index contributed by atoms with van der Waals surface area (Å²) >= 11 is 0. The van der Waals surface area contributed by atoms with E-state index in [0.717, 1.165) is 29.0 Å². The van der Waals surface area contributed by atoms with Crippen molar-refractivity contribution in [3.05, 3.63) is 65.2 Å². The SMILES string of the molecule is CCC(=O)N1N=C(c2cccc(OC)c2)C[C@H]1c1ccc(CC)cc1. The molecule has 0 aromatic heterocycles. The van der Waals surface area contributed by atoms with Gasteiger partial charge in [-0.3, -0.25) is 4.79 Å². The van der Waals surface area contributed by atoms with Crippen LogP contribution in [0.1, 0.15) is 49.4 Å². The molecule has 25 heavy (non-hydrogen) atoms. The van der Waals surface area contributed by atoms with Crippen LogP contribution in [0.4, 0.5) is 0 Å². The standard InChI is InChI=1S/C21H24N2O2/c1-4-15-9-11-16(12-10-15)20-14-19(22-23(20)21(24)5-2)17-7-6-8-18(13-17)25-3/h6-13,20H,4-5,14H2,1-3H3/t20-/m0/s1. The van der Waals surface area contributed by atoms with E-state index in [2.05, 4.69) is 36.3 Å². The summed E-state index contributed by atoms with van der Waals surface area (Å²) in [7, 11) is 1.65. The van der Waals surface area contributed by atoms with E-state index in [1.54, 1.807) is 12.1 Å². The van der Waals surface area contributed by atoms with E-state index in [1.807, 2.05) is 31.2 Å². The van der Waals surface area contributed by atoms with Crippen LogP contribution in [0.15, 0.2) is 53.6 Å². The monoisotopic (exact) mass is 336 g/mol. The van der Waals surface area contributed by atoms with Gasteiger partial charge in [0.2, 0.25) is 5.91 Å². The van der Waals surface area contributed by atoms with Gasteiger partial charge < -0.3 is 4.74 Å². The first-order valence-corrected chi connectivity index (χ1v) is 8.79. The normalized spacial score (nSPS) is 16.7. The number of carbonyl (C=O) groups is 1. The van der Waals surface area contributed by atoms with E-state index >= 15 is 0 Å². The van der Waals surface area contributed by atoms with Crippen molar-refractivity contribution in [1.82, 2.24) is 5.01 Å². The highest BCUT2D eigenvalue weighted by atomic mass is 16.5. The van der Waals surface area contributed by atoms with Gasteiger partial charge in [-0.15, -0.1) is 0 Å². The summed E-state index contributed by atoms with van der Waals surface area (Å²) in [5.74, 6) is 0.840. The Bertz CT molecular complexity index is 781. The Labute approximate surface area is 149 Å². The van der Waals surface area contributed by atoms with Crippen molar-refractivity contribution in [2.24, 2.45) is 5.10 Å². The topological polar surface area (TPSA) is 41.9 Å². The van der Waals surface area contributed by atoms with Gasteiger partial charge in [-0.1, -0.05) is 50.2 Å². The molecule has 4 nitrogen and oxygen atoms in total. The van der Waals surface area contributed by atoms with Gasteiger partial charge in [-0.25, -0.2) is 5.01 Å². The third-order valence-corrected chi connectivity index (χ3v) is 4.64. The van der Waals surface area contributed by atoms with E-state index in [1.165, 1.54) is 5.56 Å². The van der Waals surface area contributed by atoms with Gasteiger partial charge in [0.25, 0.3) is 0 Å². The zero-order chi connectivity index (χ0) is 17.8. The third-order valence-electron chi connectivity index (χ3n) is 4.64. The molecule has 1 aliphatic rings. The number of aryl methyl sites for hydroxylation is 1. The maximum Gasteiger partial charge on any atom is 0.242 e. The number of hydrazone groups is 1. The maximum atomic E-state index is 12.4. The molecule has 0 radical (unpaired) electrons. The zero-order valence-corrected chi connectivity index (χ0v) is 15.0. The van der Waals surface area contributed by atoms with Gasteiger partial charge in [-0.05, 0) is 29.7 Å². The minimum Gasteiger partial charge on any atom is -0.497 e. The lowest BCUT2D eigenvalue weighted by atomic mass is 9.97. The highest BCUT2D eigenvalue weighted by Gasteiger charge is 2.32. The van der Waals surface area contributed by atoms with Gasteiger partial charge in [0.05, 0.1) is 18.9 Å². The molecule has 1 aliphatic heterocycles. The van der Waals surface area contributed by atoms with Gasteiger partial charge in [0, 0.05) is 18.4 Å². The second-order valence-electron chi connectivity index (χ2n) is 6.19. The van der Waals surface area contributed by atoms with Crippen LogP contribution in [0.25, 0.3) is 0 Å². The van der Waals surface area contributed by atoms with Crippen molar-refractivity contribution < 1.29 is 9.53 Å². The Kier molecular flexibility index (Phi) is 5.17. The summed E-state index contributed by atoms with van der Waals surface area (Å²) in [6.45, 7) is 4.01. The molecule has 1 heterocycles. The number of methoxy groups -OCH3 is 1. The lowest BCUT2D eigenvalue weighted by molar-refractivity contribution is -0.132. The Morgan fingerprint density at radius 3 is 2.60 bits per heavy atom. The lowest BCUT2D eigenvalue weighted by Crippen LogP contribution is -2.26. The van der Waals surface area contributed by atoms with Crippen molar-refractivity contribution in [3.8, 4) is 5.75 Å². The summed E-state index contributed by atoms with van der Waals surface area (Å²) < 4.78 is 5.31. The highest BCUT2D eigenvalue weighted by Crippen LogP contribution is 2.34. The van der Waals surface area contributed by atoms with Crippen molar-refractivity contribution in [2.75, 3.05) is 7.11 Å². The Morgan fingerprint density at radius 1 is 1.20 bits per heavy atom. The molecule has 3 rings (SSSR count). The molecule has 2 aromatic carbocycles. The lowest BCUT2D eigenvalue weighted by Gasteiger charge is -2.21. The molecule has 0 bridgehead atoms. The van der Waals surface area contributed by atoms with Crippen molar-refractivity contribution in [3.63, 3.8) is 0 Å². The van der Waals surface area contributed by atoms with Gasteiger partial charge in [-0.2, -0.15) is 5.10 Å². The molecule has 0 fully saturated rings. The van der Waals surface area contributed by atoms with E-state index in [0.29, 0.717) is 12.8 Å². The fraction of sp³-hybridized carbons (Fsp3) is 0.333. The predicted molar refractivity (Wildman–Crippen MR) is 99.8 cm³/mol. The van der Waals surface area contributed by atoms with E-state index in [9.17, 15) is 4.79 Å². The van der Waals surface area contributed by atoms with Gasteiger partial charge >= 0.3 is 0 Å². The average Bonchev–Trinajstić information content (AvgIpc) is 3.13. The summed E-state index contributed by atoms with van der Waals surface area (Å²) in [4.78, 5) is 12.4. The minimum atomic E-state index is -0.0421. The van der Waals surface area contributed by atoms with Crippen LogP contribution >= 0.6 is 0 Å². The zero-order valence-electron chi connectivity index (χ0n) is 15.0. The maximum absolute atomic E-state index is 12.4. The smallest absolute Gasteiger partial charge is 0.242 e. The summed E-state index contributed by atoms with van der Waals surface area (Å²) in [5, 5.41) is 6.30. The molecule has 0 N–H and O–H groups in total. The van der Waals surface area contributed by atoms with Crippen LogP contribution in [0.3, 0.4) is 0 Å². The molecule has 2 aromatic rings. The molecule has 1 atom stereocenters. The number of amides is 1. The number of benzene rings is 2. The quantitative estimate of drug-likeness (QED) is 0.815. The first kappa shape index (κ1) is 17.2. The summed E-state index contributed by atoms with van der Waals surface area (Å²) in [6.07, 6.45) is 2.16. The van der Waals surface area contributed by atoms with E-state index in [4.69, 9.17) is 4.74 Å². The predicted octanol–water partition coefficient (Wildman–Crippen LogP) is 4.35. The summed E-state index contributed by atoms with van der Waals surface area (Å²) in [6, 6.07) is 16.3. The highest BCUT2D eigenvalue weighted by molar-refractivity contribution is 6.03. The van der Waals surface area contributed by atoms with E-state index < -0.39 is 0 Å². The number of ether oxygens (including phenoxy) is 1. The van der Waals surface area contributed by atoms with Crippen molar-refractivity contribution in [2.45, 2.75) is 39.2 Å². The molecule has 0 spiro atoms. The second-order valence-corrected chi connectivity index (χ2v) is 6.19. The van der Waals surface area contributed by atoms with Gasteiger partial charge in [0.1, 0.15) is 5.75 Å². The van der Waals surface area contributed by atoms with Crippen LogP contribution < -0.4 is 4.74 Å². The number of hydrogen-bond acceptors (Lipinski definition) is 3. The first-order chi connectivity index (χ1) is 12.2. The Hall–Kier alpha value is -2.62. The minimum absolute atomic E-state index is 0.0421. The summed E-state index contributed by atoms with van der Waals surface area (Å²) in [5.41, 5.74) is 4.34. The fourth-order valence-corrected chi connectivity index (χ4v) is 3.11. The number of carbonyl (C=O) groups excluding carboxylic acids is 1. The molecule has 1 amide bonds. The third kappa shape index (κ3) is 3.58. The van der Waals surface area contributed by atoms with Crippen LogP contribution in [0.5, 0.6) is 5.75 Å². The second kappa shape index (κ2) is 7.51.